The van der Waals surface area contributed by atoms with Crippen molar-refractivity contribution < 1.29 is 31.1 Å². The molecule has 0 saturated carbocycles. The summed E-state index contributed by atoms with van der Waals surface area (Å²) in [4.78, 5) is 0. The van der Waals surface area contributed by atoms with Gasteiger partial charge in [-0.1, -0.05) is 6.08 Å². The predicted octanol–water partition coefficient (Wildman–Crippen LogP) is 4.31. The van der Waals surface area contributed by atoms with Gasteiger partial charge in [-0.05, 0) is 18.6 Å². The average molecular weight is 313 g/mol. The summed E-state index contributed by atoms with van der Waals surface area (Å²) >= 11 is 0. The Morgan fingerprint density at radius 3 is 2.14 bits per heavy atom. The Bertz CT molecular complexity index is 521. The van der Waals surface area contributed by atoms with Crippen LogP contribution >= 0.6 is 0 Å². The van der Waals surface area contributed by atoms with E-state index in [1.807, 2.05) is 0 Å². The zero-order valence-corrected chi connectivity index (χ0v) is 11.0. The number of methoxy groups -OCH3 is 1. The summed E-state index contributed by atoms with van der Waals surface area (Å²) in [6.07, 6.45) is -8.66. The highest BCUT2D eigenvalue weighted by Gasteiger charge is 2.40. The molecule has 0 aliphatic rings. The van der Waals surface area contributed by atoms with Crippen molar-refractivity contribution in [2.24, 2.45) is 5.73 Å². The molecule has 0 aliphatic heterocycles. The predicted molar refractivity (Wildman–Crippen MR) is 64.7 cm³/mol. The molecule has 0 saturated heterocycles. The van der Waals surface area contributed by atoms with E-state index in [-0.39, 0.29) is 12.5 Å². The molecule has 1 atom stereocenters. The molecular formula is C13H13F6NO. The van der Waals surface area contributed by atoms with Crippen molar-refractivity contribution in [2.45, 2.75) is 24.8 Å². The van der Waals surface area contributed by atoms with Crippen molar-refractivity contribution in [2.75, 3.05) is 7.11 Å². The van der Waals surface area contributed by atoms with E-state index in [1.54, 1.807) is 0 Å². The van der Waals surface area contributed by atoms with Crippen molar-refractivity contribution >= 4 is 0 Å². The normalized spacial score (nSPS) is 13.9. The molecule has 118 valence electrons. The van der Waals surface area contributed by atoms with Crippen molar-refractivity contribution in [3.8, 4) is 5.75 Å². The van der Waals surface area contributed by atoms with E-state index >= 15 is 0 Å². The van der Waals surface area contributed by atoms with Crippen LogP contribution in [0.5, 0.6) is 5.75 Å². The van der Waals surface area contributed by atoms with Crippen molar-refractivity contribution in [3.63, 3.8) is 0 Å². The van der Waals surface area contributed by atoms with E-state index in [0.29, 0.717) is 6.07 Å². The number of hydrogen-bond donors (Lipinski definition) is 1. The maximum atomic E-state index is 13.0. The summed E-state index contributed by atoms with van der Waals surface area (Å²) in [6, 6.07) is -0.620. The molecule has 0 amide bonds. The lowest BCUT2D eigenvalue weighted by atomic mass is 9.94. The highest BCUT2D eigenvalue weighted by Crippen LogP contribution is 2.43. The number of halogens is 6. The smallest absolute Gasteiger partial charge is 0.416 e. The fraction of sp³-hybridized carbons (Fsp3) is 0.385. The Morgan fingerprint density at radius 1 is 1.19 bits per heavy atom. The van der Waals surface area contributed by atoms with Crippen molar-refractivity contribution in [1.82, 2.24) is 0 Å². The second-order valence-corrected chi connectivity index (χ2v) is 4.27. The Kier molecular flexibility index (Phi) is 4.93. The molecule has 1 aromatic carbocycles. The molecule has 0 bridgehead atoms. The first-order valence-electron chi connectivity index (χ1n) is 5.75. The fourth-order valence-electron chi connectivity index (χ4n) is 1.87. The maximum Gasteiger partial charge on any atom is 0.416 e. The molecular weight excluding hydrogens is 300 g/mol. The van der Waals surface area contributed by atoms with Gasteiger partial charge in [0.1, 0.15) is 5.75 Å². The molecule has 2 nitrogen and oxygen atoms in total. The third-order valence-corrected chi connectivity index (χ3v) is 2.79. The third kappa shape index (κ3) is 3.90. The minimum atomic E-state index is -4.98. The van der Waals surface area contributed by atoms with E-state index in [0.717, 1.165) is 7.11 Å². The first kappa shape index (κ1) is 17.4. The zero-order chi connectivity index (χ0) is 16.4. The quantitative estimate of drug-likeness (QED) is 0.664. The van der Waals surface area contributed by atoms with Crippen LogP contribution in [0.2, 0.25) is 0 Å². The first-order valence-corrected chi connectivity index (χ1v) is 5.75. The number of benzene rings is 1. The monoisotopic (exact) mass is 313 g/mol. The molecule has 1 rings (SSSR count). The second kappa shape index (κ2) is 5.97. The van der Waals surface area contributed by atoms with Crippen LogP contribution in [0.4, 0.5) is 26.3 Å². The largest absolute Gasteiger partial charge is 0.496 e. The fourth-order valence-corrected chi connectivity index (χ4v) is 1.87. The van der Waals surface area contributed by atoms with Gasteiger partial charge in [0.05, 0.1) is 18.2 Å². The van der Waals surface area contributed by atoms with Gasteiger partial charge in [-0.3, -0.25) is 0 Å². The van der Waals surface area contributed by atoms with E-state index in [9.17, 15) is 26.3 Å². The van der Waals surface area contributed by atoms with E-state index < -0.39 is 40.8 Å². The highest BCUT2D eigenvalue weighted by molar-refractivity contribution is 5.48. The lowest BCUT2D eigenvalue weighted by molar-refractivity contribution is -0.143. The van der Waals surface area contributed by atoms with Crippen molar-refractivity contribution in [3.05, 3.63) is 41.5 Å². The molecule has 0 radical (unpaired) electrons. The molecule has 0 aromatic heterocycles. The summed E-state index contributed by atoms with van der Waals surface area (Å²) in [5.41, 5.74) is 2.19. The molecule has 2 N–H and O–H groups in total. The average Bonchev–Trinajstić information content (AvgIpc) is 2.35. The summed E-state index contributed by atoms with van der Waals surface area (Å²) in [5, 5.41) is 0. The Balaban J connectivity index is 3.64. The first-order chi connectivity index (χ1) is 9.52. The SMILES string of the molecule is C=CC[C@H](N)c1c(OC)cc(C(F)(F)F)cc1C(F)(F)F. The second-order valence-electron chi connectivity index (χ2n) is 4.27. The number of alkyl halides is 6. The topological polar surface area (TPSA) is 35.2 Å². The van der Waals surface area contributed by atoms with Gasteiger partial charge in [0.25, 0.3) is 0 Å². The van der Waals surface area contributed by atoms with Gasteiger partial charge in [-0.2, -0.15) is 26.3 Å². The van der Waals surface area contributed by atoms with Gasteiger partial charge in [0.15, 0.2) is 0 Å². The van der Waals surface area contributed by atoms with E-state index in [2.05, 4.69) is 11.3 Å². The molecule has 0 spiro atoms. The summed E-state index contributed by atoms with van der Waals surface area (Å²) in [7, 11) is 0.986. The molecule has 21 heavy (non-hydrogen) atoms. The standard InChI is InChI=1S/C13H13F6NO/c1-3-4-9(20)11-8(13(17,18)19)5-7(12(14,15)16)6-10(11)21-2/h3,5-6,9H,1,4,20H2,2H3/t9-/m0/s1. The van der Waals surface area contributed by atoms with E-state index in [1.165, 1.54) is 6.08 Å². The number of ether oxygens (including phenoxy) is 1. The Morgan fingerprint density at radius 2 is 1.76 bits per heavy atom. The van der Waals surface area contributed by atoms with Crippen LogP contribution < -0.4 is 10.5 Å². The Labute approximate surface area is 117 Å². The molecule has 8 heteroatoms. The molecule has 0 unspecified atom stereocenters. The lowest BCUT2D eigenvalue weighted by Gasteiger charge is -2.22. The molecule has 0 fully saturated rings. The van der Waals surface area contributed by atoms with Gasteiger partial charge in [0, 0.05) is 11.6 Å². The van der Waals surface area contributed by atoms with Crippen LogP contribution in [0.3, 0.4) is 0 Å². The minimum absolute atomic E-state index is 0.0369. The van der Waals surface area contributed by atoms with Crippen LogP contribution in [-0.4, -0.2) is 7.11 Å². The van der Waals surface area contributed by atoms with Crippen LogP contribution in [0.25, 0.3) is 0 Å². The van der Waals surface area contributed by atoms with E-state index in [4.69, 9.17) is 5.73 Å². The molecule has 0 heterocycles. The number of hydrogen-bond acceptors (Lipinski definition) is 2. The van der Waals surface area contributed by atoms with Gasteiger partial charge in [-0.25, -0.2) is 0 Å². The number of nitrogens with two attached hydrogens (primary N) is 1. The van der Waals surface area contributed by atoms with Crippen LogP contribution in [0, 0.1) is 0 Å². The van der Waals surface area contributed by atoms with Gasteiger partial charge >= 0.3 is 12.4 Å². The number of rotatable bonds is 4. The lowest BCUT2D eigenvalue weighted by Crippen LogP contribution is -2.20. The van der Waals surface area contributed by atoms with Crippen molar-refractivity contribution in [1.29, 1.82) is 0 Å². The molecule has 0 aliphatic carbocycles. The summed E-state index contributed by atoms with van der Waals surface area (Å²) < 4.78 is 81.8. The highest BCUT2D eigenvalue weighted by atomic mass is 19.4. The third-order valence-electron chi connectivity index (χ3n) is 2.79. The van der Waals surface area contributed by atoms with Crippen LogP contribution in [0.15, 0.2) is 24.8 Å². The maximum absolute atomic E-state index is 13.0. The Hall–Kier alpha value is -1.70. The van der Waals surface area contributed by atoms with Crippen LogP contribution in [0.1, 0.15) is 29.2 Å². The zero-order valence-electron chi connectivity index (χ0n) is 11.0. The van der Waals surface area contributed by atoms with Gasteiger partial charge in [0.2, 0.25) is 0 Å². The minimum Gasteiger partial charge on any atom is -0.496 e. The summed E-state index contributed by atoms with van der Waals surface area (Å²) in [5.74, 6) is -0.550. The van der Waals surface area contributed by atoms with Crippen LogP contribution in [-0.2, 0) is 12.4 Å². The van der Waals surface area contributed by atoms with Gasteiger partial charge < -0.3 is 10.5 Å². The van der Waals surface area contributed by atoms with Gasteiger partial charge in [-0.15, -0.1) is 6.58 Å². The molecule has 1 aromatic rings. The summed E-state index contributed by atoms with van der Waals surface area (Å²) in [6.45, 7) is 3.35.